The van der Waals surface area contributed by atoms with Gasteiger partial charge in [-0.05, 0) is 64.7 Å². The summed E-state index contributed by atoms with van der Waals surface area (Å²) in [6.45, 7) is 0. The second-order valence-electron chi connectivity index (χ2n) is 13.8. The van der Waals surface area contributed by atoms with E-state index in [4.69, 9.17) is 15.0 Å². The molecular weight excluding hydrogens is 721 g/mol. The van der Waals surface area contributed by atoms with Crippen molar-refractivity contribution >= 4 is 63.0 Å². The van der Waals surface area contributed by atoms with Crippen LogP contribution in [0.25, 0.3) is 108 Å². The summed E-state index contributed by atoms with van der Waals surface area (Å²) in [5.74, 6) is 1.87. The second kappa shape index (κ2) is 13.5. The van der Waals surface area contributed by atoms with E-state index in [2.05, 4.69) is 145 Å². The molecule has 0 saturated heterocycles. The van der Waals surface area contributed by atoms with Crippen LogP contribution < -0.4 is 0 Å². The number of hydrogen-bond donors (Lipinski definition) is 0. The zero-order valence-corrected chi connectivity index (χ0v) is 31.6. The molecule has 262 valence electrons. The minimum absolute atomic E-state index is 0.617. The minimum atomic E-state index is 0.617. The van der Waals surface area contributed by atoms with Crippen LogP contribution in [-0.2, 0) is 0 Å². The molecule has 11 aromatic rings. The molecule has 11 rings (SSSR count). The number of hydrogen-bond acceptors (Lipinski definition) is 6. The van der Waals surface area contributed by atoms with Crippen molar-refractivity contribution in [2.45, 2.75) is 0 Å². The van der Waals surface area contributed by atoms with Crippen molar-refractivity contribution in [3.63, 3.8) is 0 Å². The molecule has 0 aliphatic heterocycles. The highest BCUT2D eigenvalue weighted by Gasteiger charge is 2.18. The van der Waals surface area contributed by atoms with Gasteiger partial charge in [0.1, 0.15) is 0 Å². The number of benzene rings is 7. The third kappa shape index (κ3) is 5.66. The zero-order chi connectivity index (χ0) is 37.0. The van der Waals surface area contributed by atoms with Gasteiger partial charge < -0.3 is 0 Å². The van der Waals surface area contributed by atoms with E-state index >= 15 is 0 Å². The van der Waals surface area contributed by atoms with Gasteiger partial charge in [0, 0.05) is 68.8 Å². The fourth-order valence-corrected chi connectivity index (χ4v) is 10.2. The Kier molecular flexibility index (Phi) is 7.83. The van der Waals surface area contributed by atoms with Crippen LogP contribution in [0.5, 0.6) is 0 Å². The van der Waals surface area contributed by atoms with Crippen molar-refractivity contribution in [1.29, 1.82) is 0 Å². The van der Waals surface area contributed by atoms with E-state index < -0.39 is 0 Å². The van der Waals surface area contributed by atoms with Crippen LogP contribution in [0.15, 0.2) is 182 Å². The van der Waals surface area contributed by atoms with Gasteiger partial charge in [0.05, 0.1) is 5.69 Å². The highest BCUT2D eigenvalue weighted by Crippen LogP contribution is 2.44. The summed E-state index contributed by atoms with van der Waals surface area (Å²) in [4.78, 5) is 20.0. The number of thiophene rings is 2. The highest BCUT2D eigenvalue weighted by molar-refractivity contribution is 7.26. The molecule has 0 N–H and O–H groups in total. The first kappa shape index (κ1) is 32.6. The van der Waals surface area contributed by atoms with Crippen LogP contribution in [0.1, 0.15) is 0 Å². The average Bonchev–Trinajstić information content (AvgIpc) is 3.86. The predicted octanol–water partition coefficient (Wildman–Crippen LogP) is 14.0. The molecule has 0 bridgehead atoms. The molecule has 6 heteroatoms. The normalized spacial score (nSPS) is 11.6. The van der Waals surface area contributed by atoms with Crippen LogP contribution in [0.2, 0.25) is 0 Å². The van der Waals surface area contributed by atoms with Gasteiger partial charge in [0.2, 0.25) is 0 Å². The lowest BCUT2D eigenvalue weighted by molar-refractivity contribution is 1.07. The van der Waals surface area contributed by atoms with E-state index in [0.717, 1.165) is 39.1 Å². The van der Waals surface area contributed by atoms with Crippen LogP contribution in [0.4, 0.5) is 0 Å². The number of nitrogens with zero attached hydrogens (tertiary/aromatic N) is 4. The molecule has 0 radical (unpaired) electrons. The van der Waals surface area contributed by atoms with Crippen molar-refractivity contribution in [2.24, 2.45) is 0 Å². The van der Waals surface area contributed by atoms with Gasteiger partial charge in [0.25, 0.3) is 0 Å². The quantitative estimate of drug-likeness (QED) is 0.170. The highest BCUT2D eigenvalue weighted by atomic mass is 32.1. The van der Waals surface area contributed by atoms with E-state index in [1.165, 1.54) is 51.5 Å². The van der Waals surface area contributed by atoms with Crippen molar-refractivity contribution in [3.8, 4) is 67.7 Å². The Hall–Kier alpha value is -6.86. The van der Waals surface area contributed by atoms with Gasteiger partial charge in [0.15, 0.2) is 17.5 Å². The largest absolute Gasteiger partial charge is 0.256 e. The Morgan fingerprint density at radius 2 is 0.786 bits per heavy atom. The van der Waals surface area contributed by atoms with E-state index in [1.54, 1.807) is 0 Å². The first-order valence-electron chi connectivity index (χ1n) is 18.5. The monoisotopic (exact) mass is 750 g/mol. The molecule has 0 saturated carbocycles. The maximum Gasteiger partial charge on any atom is 0.164 e. The molecule has 7 aromatic carbocycles. The van der Waals surface area contributed by atoms with E-state index in [0.29, 0.717) is 17.5 Å². The Morgan fingerprint density at radius 3 is 1.36 bits per heavy atom. The van der Waals surface area contributed by atoms with Crippen molar-refractivity contribution < 1.29 is 0 Å². The summed E-state index contributed by atoms with van der Waals surface area (Å²) in [6.07, 6.45) is 1.82. The Bertz CT molecular complexity index is 3110. The minimum Gasteiger partial charge on any atom is -0.256 e. The molecule has 0 atom stereocenters. The third-order valence-electron chi connectivity index (χ3n) is 10.4. The van der Waals surface area contributed by atoms with Gasteiger partial charge in [-0.2, -0.15) is 0 Å². The smallest absolute Gasteiger partial charge is 0.164 e. The molecule has 4 nitrogen and oxygen atoms in total. The topological polar surface area (TPSA) is 51.6 Å². The fourth-order valence-electron chi connectivity index (χ4n) is 7.69. The summed E-state index contributed by atoms with van der Waals surface area (Å²) in [6, 6.07) is 62.0. The lowest BCUT2D eigenvalue weighted by atomic mass is 9.94. The number of fused-ring (bicyclic) bond motifs is 6. The fraction of sp³-hybridized carbons (Fsp3) is 0. The lowest BCUT2D eigenvalue weighted by Gasteiger charge is -2.13. The number of rotatable bonds is 6. The van der Waals surface area contributed by atoms with Crippen molar-refractivity contribution in [1.82, 2.24) is 19.9 Å². The molecule has 4 heterocycles. The van der Waals surface area contributed by atoms with Crippen molar-refractivity contribution in [3.05, 3.63) is 182 Å². The van der Waals surface area contributed by atoms with Crippen LogP contribution in [-0.4, -0.2) is 19.9 Å². The van der Waals surface area contributed by atoms with E-state index in [9.17, 15) is 0 Å². The molecule has 0 aliphatic rings. The molecule has 0 spiro atoms. The Balaban J connectivity index is 1.15. The number of aromatic nitrogens is 4. The summed E-state index contributed by atoms with van der Waals surface area (Å²) >= 11 is 3.69. The lowest BCUT2D eigenvalue weighted by Crippen LogP contribution is -2.00. The molecule has 0 aliphatic carbocycles. The first-order valence-corrected chi connectivity index (χ1v) is 20.2. The number of pyridine rings is 1. The Labute approximate surface area is 331 Å². The molecule has 0 unspecified atom stereocenters. The maximum atomic E-state index is 5.23. The van der Waals surface area contributed by atoms with Crippen LogP contribution in [0, 0.1) is 0 Å². The average molecular weight is 751 g/mol. The standard InChI is InChI=1S/C50H30N4S2/c1-2-12-32(13-3-1)48-52-49(33-25-23-31(24-26-33)43-20-8-9-27-51-43)54-50(53-48)36-29-34(37-16-10-18-41-39-14-4-6-21-44(39)55-46(37)41)28-35(30-36)38-17-11-19-42-40-15-5-7-22-45(40)56-47(38)42/h1-30H. The maximum absolute atomic E-state index is 5.23. The Morgan fingerprint density at radius 1 is 0.321 bits per heavy atom. The van der Waals surface area contributed by atoms with Gasteiger partial charge in [-0.15, -0.1) is 22.7 Å². The van der Waals surface area contributed by atoms with Crippen molar-refractivity contribution in [2.75, 3.05) is 0 Å². The molecular formula is C50H30N4S2. The first-order chi connectivity index (χ1) is 27.7. The molecule has 4 aromatic heterocycles. The van der Waals surface area contributed by atoms with Crippen LogP contribution >= 0.6 is 22.7 Å². The van der Waals surface area contributed by atoms with Gasteiger partial charge in [-0.3, -0.25) is 4.98 Å². The van der Waals surface area contributed by atoms with Crippen LogP contribution in [0.3, 0.4) is 0 Å². The summed E-state index contributed by atoms with van der Waals surface area (Å²) in [5.41, 5.74) is 9.36. The molecule has 0 amide bonds. The van der Waals surface area contributed by atoms with Gasteiger partial charge >= 0.3 is 0 Å². The SMILES string of the molecule is c1ccc(-c2nc(-c3ccc(-c4ccccn4)cc3)nc(-c3cc(-c4cccc5c4sc4ccccc45)cc(-c4cccc5c4sc4ccccc45)c3)n2)cc1. The van der Waals surface area contributed by atoms with Gasteiger partial charge in [-0.1, -0.05) is 133 Å². The van der Waals surface area contributed by atoms with Gasteiger partial charge in [-0.25, -0.2) is 15.0 Å². The van der Waals surface area contributed by atoms with E-state index in [-0.39, 0.29) is 0 Å². The van der Waals surface area contributed by atoms with E-state index in [1.807, 2.05) is 65.3 Å². The predicted molar refractivity (Wildman–Crippen MR) is 236 cm³/mol. The molecule has 0 fully saturated rings. The summed E-state index contributed by atoms with van der Waals surface area (Å²) in [7, 11) is 0. The second-order valence-corrected chi connectivity index (χ2v) is 15.9. The molecule has 56 heavy (non-hydrogen) atoms. The third-order valence-corrected chi connectivity index (χ3v) is 12.8. The zero-order valence-electron chi connectivity index (χ0n) is 29.9. The summed E-state index contributed by atoms with van der Waals surface area (Å²) in [5, 5.41) is 5.10. The summed E-state index contributed by atoms with van der Waals surface area (Å²) < 4.78 is 5.10.